The second kappa shape index (κ2) is 9.00. The van der Waals surface area contributed by atoms with Crippen LogP contribution in [0.2, 0.25) is 0 Å². The molecule has 0 spiro atoms. The minimum absolute atomic E-state index is 0.00445. The molecule has 0 aliphatic carbocycles. The molecule has 1 saturated heterocycles. The van der Waals surface area contributed by atoms with Gasteiger partial charge in [-0.3, -0.25) is 4.79 Å². The minimum atomic E-state index is -3.28. The Kier molecular flexibility index (Phi) is 7.24. The lowest BCUT2D eigenvalue weighted by atomic mass is 9.93. The third-order valence-corrected chi connectivity index (χ3v) is 6.86. The first-order chi connectivity index (χ1) is 12.2. The molecule has 1 aliphatic heterocycles. The van der Waals surface area contributed by atoms with Gasteiger partial charge in [0, 0.05) is 24.7 Å². The van der Waals surface area contributed by atoms with Crippen LogP contribution in [0.25, 0.3) is 0 Å². The fourth-order valence-electron chi connectivity index (χ4n) is 3.54. The third-order valence-electron chi connectivity index (χ3n) is 5.01. The zero-order valence-corrected chi connectivity index (χ0v) is 17.2. The summed E-state index contributed by atoms with van der Waals surface area (Å²) < 4.78 is 26.6. The van der Waals surface area contributed by atoms with Crippen LogP contribution in [0.3, 0.4) is 0 Å². The normalized spacial score (nSPS) is 16.4. The van der Waals surface area contributed by atoms with E-state index in [9.17, 15) is 13.2 Å². The highest BCUT2D eigenvalue weighted by atomic mass is 32.2. The van der Waals surface area contributed by atoms with Crippen LogP contribution in [-0.2, 0) is 15.8 Å². The Morgan fingerprint density at radius 1 is 1.00 bits per heavy atom. The molecule has 5 nitrogen and oxygen atoms in total. The zero-order valence-electron chi connectivity index (χ0n) is 16.4. The van der Waals surface area contributed by atoms with Crippen molar-refractivity contribution in [2.24, 2.45) is 11.8 Å². The number of nitrogens with zero attached hydrogens (tertiary/aromatic N) is 1. The number of hydrogen-bond donors (Lipinski definition) is 1. The molecule has 1 aromatic carbocycles. The quantitative estimate of drug-likeness (QED) is 0.788. The van der Waals surface area contributed by atoms with E-state index in [2.05, 4.69) is 33.0 Å². The number of hydrogen-bond acceptors (Lipinski definition) is 3. The number of nitrogens with one attached hydrogen (secondary N) is 1. The van der Waals surface area contributed by atoms with Gasteiger partial charge in [-0.05, 0) is 42.4 Å². The topological polar surface area (TPSA) is 66.5 Å². The molecule has 0 unspecified atom stereocenters. The molecule has 1 fully saturated rings. The van der Waals surface area contributed by atoms with Crippen LogP contribution in [0.4, 0.5) is 0 Å². The first-order valence-electron chi connectivity index (χ1n) is 9.58. The lowest BCUT2D eigenvalue weighted by Crippen LogP contribution is -2.42. The monoisotopic (exact) mass is 380 g/mol. The Balaban J connectivity index is 2.02. The maximum absolute atomic E-state index is 12.5. The highest BCUT2D eigenvalue weighted by Crippen LogP contribution is 2.18. The summed E-state index contributed by atoms with van der Waals surface area (Å²) in [6, 6.07) is 7.04. The molecule has 1 amide bonds. The van der Waals surface area contributed by atoms with Crippen LogP contribution < -0.4 is 5.32 Å². The molecule has 1 N–H and O–H groups in total. The van der Waals surface area contributed by atoms with Crippen molar-refractivity contribution < 1.29 is 13.2 Å². The summed E-state index contributed by atoms with van der Waals surface area (Å²) in [4.78, 5) is 12.5. The van der Waals surface area contributed by atoms with Gasteiger partial charge >= 0.3 is 0 Å². The Bertz CT molecular complexity index is 682. The smallest absolute Gasteiger partial charge is 0.251 e. The van der Waals surface area contributed by atoms with Gasteiger partial charge in [-0.15, -0.1) is 0 Å². The van der Waals surface area contributed by atoms with Crippen molar-refractivity contribution in [1.82, 2.24) is 9.62 Å². The number of carbonyl (C=O) groups is 1. The highest BCUT2D eigenvalue weighted by Gasteiger charge is 2.24. The number of piperidine rings is 1. The zero-order chi connectivity index (χ0) is 19.3. The Morgan fingerprint density at radius 3 is 2.04 bits per heavy atom. The fourth-order valence-corrected chi connectivity index (χ4v) is 5.15. The largest absolute Gasteiger partial charge is 0.349 e. The molecule has 2 rings (SSSR count). The molecule has 1 heterocycles. The van der Waals surface area contributed by atoms with Crippen LogP contribution in [0, 0.1) is 11.8 Å². The number of amides is 1. The average molecular weight is 381 g/mol. The van der Waals surface area contributed by atoms with Gasteiger partial charge in [0.15, 0.2) is 0 Å². The van der Waals surface area contributed by atoms with Crippen LogP contribution in [0.15, 0.2) is 24.3 Å². The lowest BCUT2D eigenvalue weighted by molar-refractivity contribution is 0.0910. The molecule has 26 heavy (non-hydrogen) atoms. The molecule has 0 bridgehead atoms. The molecule has 0 aromatic heterocycles. The summed E-state index contributed by atoms with van der Waals surface area (Å²) in [5.41, 5.74) is 1.28. The SMILES string of the molecule is CC(C)C(NC(=O)c1ccc(CS(=O)(=O)N2CCCCC2)cc1)C(C)C. The maximum Gasteiger partial charge on any atom is 0.251 e. The van der Waals surface area contributed by atoms with Crippen LogP contribution in [-0.4, -0.2) is 37.8 Å². The molecule has 0 radical (unpaired) electrons. The second-order valence-corrected chi connectivity index (χ2v) is 9.87. The number of sulfonamides is 1. The van der Waals surface area contributed by atoms with Crippen LogP contribution in [0.1, 0.15) is 62.9 Å². The van der Waals surface area contributed by atoms with Gasteiger partial charge < -0.3 is 5.32 Å². The van der Waals surface area contributed by atoms with E-state index in [0.717, 1.165) is 24.8 Å². The summed E-state index contributed by atoms with van der Waals surface area (Å²) in [5.74, 6) is 0.596. The predicted molar refractivity (Wildman–Crippen MR) is 105 cm³/mol. The number of carbonyl (C=O) groups excluding carboxylic acids is 1. The molecule has 6 heteroatoms. The van der Waals surface area contributed by atoms with Crippen molar-refractivity contribution in [2.45, 2.75) is 58.8 Å². The van der Waals surface area contributed by atoms with Crippen molar-refractivity contribution >= 4 is 15.9 Å². The van der Waals surface area contributed by atoms with Gasteiger partial charge in [-0.25, -0.2) is 12.7 Å². The summed E-state index contributed by atoms with van der Waals surface area (Å²) in [6.07, 6.45) is 2.97. The van der Waals surface area contributed by atoms with E-state index in [-0.39, 0.29) is 17.7 Å². The van der Waals surface area contributed by atoms with Crippen molar-refractivity contribution in [2.75, 3.05) is 13.1 Å². The third kappa shape index (κ3) is 5.55. The van der Waals surface area contributed by atoms with E-state index in [1.54, 1.807) is 28.6 Å². The van der Waals surface area contributed by atoms with Crippen molar-refractivity contribution in [3.05, 3.63) is 35.4 Å². The molecular formula is C20H32N2O3S. The van der Waals surface area contributed by atoms with Crippen molar-refractivity contribution in [3.63, 3.8) is 0 Å². The Labute approximate surface area is 158 Å². The van der Waals surface area contributed by atoms with E-state index < -0.39 is 10.0 Å². The fraction of sp³-hybridized carbons (Fsp3) is 0.650. The van der Waals surface area contributed by atoms with Crippen molar-refractivity contribution in [1.29, 1.82) is 0 Å². The average Bonchev–Trinajstić information content (AvgIpc) is 2.60. The van der Waals surface area contributed by atoms with Gasteiger partial charge in [0.25, 0.3) is 5.91 Å². The predicted octanol–water partition coefficient (Wildman–Crippen LogP) is 3.41. The summed E-state index contributed by atoms with van der Waals surface area (Å²) in [6.45, 7) is 9.63. The first-order valence-corrected chi connectivity index (χ1v) is 11.2. The van der Waals surface area contributed by atoms with Crippen molar-refractivity contribution in [3.8, 4) is 0 Å². The molecule has 0 atom stereocenters. The molecule has 1 aromatic rings. The van der Waals surface area contributed by atoms with E-state index in [0.29, 0.717) is 30.5 Å². The second-order valence-electron chi connectivity index (χ2n) is 7.90. The van der Waals surface area contributed by atoms with Crippen LogP contribution in [0.5, 0.6) is 0 Å². The lowest BCUT2D eigenvalue weighted by Gasteiger charge is -2.26. The first kappa shape index (κ1) is 20.9. The van der Waals surface area contributed by atoms with Gasteiger partial charge in [0.05, 0.1) is 5.75 Å². The van der Waals surface area contributed by atoms with Gasteiger partial charge in [-0.2, -0.15) is 0 Å². The number of benzene rings is 1. The minimum Gasteiger partial charge on any atom is -0.349 e. The van der Waals surface area contributed by atoms with Gasteiger partial charge in [0.1, 0.15) is 0 Å². The molecule has 146 valence electrons. The van der Waals surface area contributed by atoms with E-state index >= 15 is 0 Å². The van der Waals surface area contributed by atoms with E-state index in [4.69, 9.17) is 0 Å². The number of rotatable bonds is 7. The summed E-state index contributed by atoms with van der Waals surface area (Å²) in [5, 5.41) is 3.09. The molecule has 0 saturated carbocycles. The summed E-state index contributed by atoms with van der Waals surface area (Å²) >= 11 is 0. The van der Waals surface area contributed by atoms with E-state index in [1.165, 1.54) is 0 Å². The molecule has 1 aliphatic rings. The highest BCUT2D eigenvalue weighted by molar-refractivity contribution is 7.88. The Morgan fingerprint density at radius 2 is 1.54 bits per heavy atom. The Hall–Kier alpha value is -1.40. The summed E-state index contributed by atoms with van der Waals surface area (Å²) in [7, 11) is -3.28. The molecular weight excluding hydrogens is 348 g/mol. The standard InChI is InChI=1S/C20H32N2O3S/c1-15(2)19(16(3)4)21-20(23)18-10-8-17(9-11-18)14-26(24,25)22-12-6-5-7-13-22/h8-11,15-16,19H,5-7,12-14H2,1-4H3,(H,21,23). The van der Waals surface area contributed by atoms with E-state index in [1.807, 2.05) is 0 Å². The van der Waals surface area contributed by atoms with Gasteiger partial charge in [0.2, 0.25) is 10.0 Å². The maximum atomic E-state index is 12.5. The van der Waals surface area contributed by atoms with Gasteiger partial charge in [-0.1, -0.05) is 46.2 Å². The van der Waals surface area contributed by atoms with Crippen LogP contribution >= 0.6 is 0 Å².